The molecular weight excluding hydrogens is 323 g/mol. The molecule has 3 aromatic heterocycles. The Morgan fingerprint density at radius 3 is 2.88 bits per heavy atom. The van der Waals surface area contributed by atoms with Crippen LogP contribution in [0.15, 0.2) is 53.2 Å². The highest BCUT2D eigenvalue weighted by atomic mass is 19.1. The first-order valence-electron chi connectivity index (χ1n) is 7.61. The van der Waals surface area contributed by atoms with E-state index in [2.05, 4.69) is 25.4 Å². The van der Waals surface area contributed by atoms with Crippen LogP contribution in [0.3, 0.4) is 0 Å². The van der Waals surface area contributed by atoms with Crippen molar-refractivity contribution in [3.63, 3.8) is 0 Å². The lowest BCUT2D eigenvalue weighted by Crippen LogP contribution is -2.04. The van der Waals surface area contributed by atoms with Gasteiger partial charge in [0, 0.05) is 6.20 Å². The molecule has 0 aliphatic heterocycles. The summed E-state index contributed by atoms with van der Waals surface area (Å²) in [5.74, 6) is 0.368. The number of halogens is 1. The Hall–Kier alpha value is -3.42. The summed E-state index contributed by atoms with van der Waals surface area (Å²) < 4.78 is 20.2. The third kappa shape index (κ3) is 3.01. The van der Waals surface area contributed by atoms with E-state index in [-0.39, 0.29) is 5.82 Å². The largest absolute Gasteiger partial charge is 0.332 e. The van der Waals surface area contributed by atoms with Gasteiger partial charge in [0.25, 0.3) is 5.89 Å². The minimum absolute atomic E-state index is 0.284. The summed E-state index contributed by atoms with van der Waals surface area (Å²) in [6.07, 6.45) is 1.65. The fourth-order valence-corrected chi connectivity index (χ4v) is 2.44. The Morgan fingerprint density at radius 1 is 1.16 bits per heavy atom. The van der Waals surface area contributed by atoms with E-state index in [9.17, 15) is 4.39 Å². The van der Waals surface area contributed by atoms with Gasteiger partial charge in [0.2, 0.25) is 5.82 Å². The molecular formula is C17H13FN6O. The Labute approximate surface area is 142 Å². The van der Waals surface area contributed by atoms with Gasteiger partial charge in [0.15, 0.2) is 5.69 Å². The molecule has 3 heterocycles. The summed E-state index contributed by atoms with van der Waals surface area (Å²) in [5.41, 5.74) is 2.66. The molecule has 1 aromatic carbocycles. The monoisotopic (exact) mass is 336 g/mol. The Bertz CT molecular complexity index is 1010. The minimum atomic E-state index is -0.284. The number of aromatic nitrogens is 6. The molecule has 0 unspecified atom stereocenters. The van der Waals surface area contributed by atoms with Gasteiger partial charge in [-0.15, -0.1) is 5.10 Å². The molecule has 0 saturated heterocycles. The minimum Gasteiger partial charge on any atom is -0.332 e. The zero-order chi connectivity index (χ0) is 17.2. The lowest BCUT2D eigenvalue weighted by molar-refractivity contribution is 0.430. The molecule has 0 amide bonds. The molecule has 4 rings (SSSR count). The van der Waals surface area contributed by atoms with Gasteiger partial charge in [-0.05, 0) is 36.8 Å². The van der Waals surface area contributed by atoms with E-state index < -0.39 is 0 Å². The van der Waals surface area contributed by atoms with Crippen molar-refractivity contribution < 1.29 is 8.91 Å². The second kappa shape index (κ2) is 6.23. The summed E-state index contributed by atoms with van der Waals surface area (Å²) in [5, 5.41) is 12.2. The fraction of sp³-hybridized carbons (Fsp3) is 0.118. The average molecular weight is 336 g/mol. The van der Waals surface area contributed by atoms with Crippen LogP contribution in [0.2, 0.25) is 0 Å². The summed E-state index contributed by atoms with van der Waals surface area (Å²) in [6.45, 7) is 2.26. The van der Waals surface area contributed by atoms with Gasteiger partial charge >= 0.3 is 0 Å². The van der Waals surface area contributed by atoms with Crippen molar-refractivity contribution in [2.24, 2.45) is 0 Å². The summed E-state index contributed by atoms with van der Waals surface area (Å²) in [7, 11) is 0. The molecule has 0 saturated carbocycles. The van der Waals surface area contributed by atoms with Gasteiger partial charge in [-0.2, -0.15) is 4.98 Å². The Morgan fingerprint density at radius 2 is 2.08 bits per heavy atom. The molecule has 8 heteroatoms. The van der Waals surface area contributed by atoms with Crippen molar-refractivity contribution in [1.82, 2.24) is 30.1 Å². The quantitative estimate of drug-likeness (QED) is 0.570. The van der Waals surface area contributed by atoms with E-state index in [0.717, 1.165) is 11.3 Å². The Kier molecular flexibility index (Phi) is 3.77. The van der Waals surface area contributed by atoms with Crippen LogP contribution in [0.1, 0.15) is 11.3 Å². The highest BCUT2D eigenvalue weighted by Crippen LogP contribution is 2.21. The normalized spacial score (nSPS) is 11.0. The topological polar surface area (TPSA) is 82.5 Å². The SMILES string of the molecule is Cc1c(-c2noc(-c3ccccn3)n2)nnn1Cc1cccc(F)c1. The first-order chi connectivity index (χ1) is 12.2. The van der Waals surface area contributed by atoms with Gasteiger partial charge in [-0.3, -0.25) is 4.98 Å². The highest BCUT2D eigenvalue weighted by Gasteiger charge is 2.18. The first-order valence-corrected chi connectivity index (χ1v) is 7.61. The van der Waals surface area contributed by atoms with Crippen molar-refractivity contribution in [2.45, 2.75) is 13.5 Å². The molecule has 0 N–H and O–H groups in total. The second-order valence-electron chi connectivity index (χ2n) is 5.45. The maximum atomic E-state index is 13.3. The summed E-state index contributed by atoms with van der Waals surface area (Å²) >= 11 is 0. The van der Waals surface area contributed by atoms with Crippen LogP contribution in [0.4, 0.5) is 4.39 Å². The summed E-state index contributed by atoms with van der Waals surface area (Å²) in [4.78, 5) is 8.50. The van der Waals surface area contributed by atoms with Gasteiger partial charge in [0.1, 0.15) is 11.5 Å². The molecule has 0 aliphatic rings. The van der Waals surface area contributed by atoms with Gasteiger partial charge in [-0.25, -0.2) is 9.07 Å². The van der Waals surface area contributed by atoms with E-state index in [0.29, 0.717) is 29.6 Å². The third-order valence-corrected chi connectivity index (χ3v) is 3.73. The highest BCUT2D eigenvalue weighted by molar-refractivity contribution is 5.55. The van der Waals surface area contributed by atoms with Gasteiger partial charge < -0.3 is 4.52 Å². The maximum absolute atomic E-state index is 13.3. The molecule has 0 bridgehead atoms. The number of rotatable bonds is 4. The lowest BCUT2D eigenvalue weighted by atomic mass is 10.2. The lowest BCUT2D eigenvalue weighted by Gasteiger charge is -2.03. The number of pyridine rings is 1. The zero-order valence-electron chi connectivity index (χ0n) is 13.3. The van der Waals surface area contributed by atoms with Crippen LogP contribution in [-0.4, -0.2) is 30.1 Å². The van der Waals surface area contributed by atoms with Gasteiger partial charge in [0.05, 0.1) is 12.2 Å². The molecule has 0 spiro atoms. The van der Waals surface area contributed by atoms with Crippen LogP contribution < -0.4 is 0 Å². The van der Waals surface area contributed by atoms with Crippen molar-refractivity contribution >= 4 is 0 Å². The smallest absolute Gasteiger partial charge is 0.276 e. The molecule has 0 atom stereocenters. The standard InChI is InChI=1S/C17H13FN6O/c1-11-15(16-20-17(25-22-16)14-7-2-3-8-19-14)21-23-24(11)10-12-5-4-6-13(18)9-12/h2-9H,10H2,1H3. The third-order valence-electron chi connectivity index (χ3n) is 3.73. The van der Waals surface area contributed by atoms with Crippen LogP contribution >= 0.6 is 0 Å². The predicted octanol–water partition coefficient (Wildman–Crippen LogP) is 2.89. The number of nitrogens with zero attached hydrogens (tertiary/aromatic N) is 6. The number of hydrogen-bond acceptors (Lipinski definition) is 6. The van der Waals surface area contributed by atoms with Crippen LogP contribution in [0, 0.1) is 12.7 Å². The molecule has 124 valence electrons. The predicted molar refractivity (Wildman–Crippen MR) is 86.8 cm³/mol. The van der Waals surface area contributed by atoms with Gasteiger partial charge in [-0.1, -0.05) is 28.6 Å². The average Bonchev–Trinajstić information content (AvgIpc) is 3.24. The summed E-state index contributed by atoms with van der Waals surface area (Å²) in [6, 6.07) is 11.8. The second-order valence-corrected chi connectivity index (χ2v) is 5.45. The van der Waals surface area contributed by atoms with E-state index in [1.165, 1.54) is 12.1 Å². The maximum Gasteiger partial charge on any atom is 0.276 e. The first kappa shape index (κ1) is 15.1. The molecule has 4 aromatic rings. The molecule has 7 nitrogen and oxygen atoms in total. The Balaban J connectivity index is 1.62. The number of benzene rings is 1. The molecule has 25 heavy (non-hydrogen) atoms. The van der Waals surface area contributed by atoms with Crippen molar-refractivity contribution in [3.05, 3.63) is 65.7 Å². The van der Waals surface area contributed by atoms with Crippen molar-refractivity contribution in [2.75, 3.05) is 0 Å². The number of hydrogen-bond donors (Lipinski definition) is 0. The van der Waals surface area contributed by atoms with E-state index in [1.54, 1.807) is 23.0 Å². The van der Waals surface area contributed by atoms with E-state index in [4.69, 9.17) is 4.52 Å². The molecule has 0 aliphatic carbocycles. The zero-order valence-corrected chi connectivity index (χ0v) is 13.3. The van der Waals surface area contributed by atoms with E-state index >= 15 is 0 Å². The van der Waals surface area contributed by atoms with Crippen molar-refractivity contribution in [3.8, 4) is 23.1 Å². The molecule has 0 fully saturated rings. The fourth-order valence-electron chi connectivity index (χ4n) is 2.44. The van der Waals surface area contributed by atoms with Crippen molar-refractivity contribution in [1.29, 1.82) is 0 Å². The van der Waals surface area contributed by atoms with Crippen LogP contribution in [-0.2, 0) is 6.54 Å². The van der Waals surface area contributed by atoms with Crippen LogP contribution in [0.5, 0.6) is 0 Å². The van der Waals surface area contributed by atoms with E-state index in [1.807, 2.05) is 25.1 Å². The van der Waals surface area contributed by atoms with Crippen LogP contribution in [0.25, 0.3) is 23.1 Å². The molecule has 0 radical (unpaired) electrons.